The third-order valence-electron chi connectivity index (χ3n) is 4.37. The lowest BCUT2D eigenvalue weighted by Crippen LogP contribution is -2.48. The van der Waals surface area contributed by atoms with Crippen LogP contribution >= 0.6 is 11.6 Å². The topological polar surface area (TPSA) is 125 Å². The molecule has 0 radical (unpaired) electrons. The number of halogens is 1. The Hall–Kier alpha value is -2.98. The van der Waals surface area contributed by atoms with Gasteiger partial charge >= 0.3 is 6.09 Å². The van der Waals surface area contributed by atoms with Gasteiger partial charge in [0.15, 0.2) is 5.76 Å². The highest BCUT2D eigenvalue weighted by Gasteiger charge is 2.27. The Morgan fingerprint density at radius 3 is 2.50 bits per heavy atom. The van der Waals surface area contributed by atoms with Crippen LogP contribution < -0.4 is 10.6 Å². The van der Waals surface area contributed by atoms with Crippen molar-refractivity contribution < 1.29 is 27.9 Å². The summed E-state index contributed by atoms with van der Waals surface area (Å²) < 4.78 is 31.9. The van der Waals surface area contributed by atoms with Gasteiger partial charge in [0.25, 0.3) is 10.0 Å². The average Bonchev–Trinajstić information content (AvgIpc) is 2.87. The zero-order valence-corrected chi connectivity index (χ0v) is 21.3. The first-order valence-electron chi connectivity index (χ1n) is 10.6. The van der Waals surface area contributed by atoms with Crippen LogP contribution in [0.2, 0.25) is 5.02 Å². The third-order valence-corrected chi connectivity index (χ3v) is 6.23. The Labute approximate surface area is 205 Å². The first-order chi connectivity index (χ1) is 15.7. The van der Waals surface area contributed by atoms with E-state index in [1.54, 1.807) is 26.8 Å². The van der Waals surface area contributed by atoms with Crippen molar-refractivity contribution >= 4 is 33.6 Å². The van der Waals surface area contributed by atoms with E-state index in [9.17, 15) is 23.1 Å². The highest BCUT2D eigenvalue weighted by Crippen LogP contribution is 2.23. The van der Waals surface area contributed by atoms with Gasteiger partial charge < -0.3 is 20.5 Å². The van der Waals surface area contributed by atoms with Crippen LogP contribution in [0.1, 0.15) is 41.0 Å². The molecule has 0 fully saturated rings. The summed E-state index contributed by atoms with van der Waals surface area (Å²) in [4.78, 5) is 25.0. The van der Waals surface area contributed by atoms with Crippen LogP contribution in [-0.4, -0.2) is 41.5 Å². The minimum absolute atomic E-state index is 0.0372. The lowest BCUT2D eigenvalue weighted by atomic mass is 10.0. The number of benzene rings is 1. The van der Waals surface area contributed by atoms with Crippen molar-refractivity contribution in [2.24, 2.45) is 5.92 Å². The first-order valence-corrected chi connectivity index (χ1v) is 12.4. The molecule has 0 aliphatic carbocycles. The van der Waals surface area contributed by atoms with Crippen molar-refractivity contribution in [3.8, 4) is 0 Å². The lowest BCUT2D eigenvalue weighted by molar-refractivity contribution is -0.122. The molecule has 0 saturated heterocycles. The number of rotatable bonds is 7. The average molecular weight is 512 g/mol. The van der Waals surface area contributed by atoms with Crippen LogP contribution in [0.15, 0.2) is 65.2 Å². The second-order valence-electron chi connectivity index (χ2n) is 9.05. The van der Waals surface area contributed by atoms with Crippen LogP contribution in [0, 0.1) is 5.92 Å². The molecule has 1 aromatic carbocycles. The summed E-state index contributed by atoms with van der Waals surface area (Å²) in [6.07, 6.45) is 4.45. The molecule has 1 atom stereocenters. The Bertz CT molecular complexity index is 1120. The van der Waals surface area contributed by atoms with E-state index < -0.39 is 39.4 Å². The predicted octanol–water partition coefficient (Wildman–Crippen LogP) is 4.20. The highest BCUT2D eigenvalue weighted by molar-refractivity contribution is 7.89. The van der Waals surface area contributed by atoms with Crippen molar-refractivity contribution in [1.82, 2.24) is 14.9 Å². The molecule has 0 aromatic heterocycles. The molecule has 1 aliphatic heterocycles. The van der Waals surface area contributed by atoms with E-state index in [2.05, 4.69) is 10.6 Å². The molecule has 0 spiro atoms. The second-order valence-corrected chi connectivity index (χ2v) is 11.3. The van der Waals surface area contributed by atoms with Crippen LogP contribution in [0.25, 0.3) is 0 Å². The maximum Gasteiger partial charge on any atom is 0.408 e. The number of alkyl carbamates (subject to hydrolysis) is 1. The van der Waals surface area contributed by atoms with Gasteiger partial charge in [-0.2, -0.15) is 0 Å². The SMILES string of the molecule is CC(C)C[C@H](NC(=O)OC(C)(C)C)C(=O)NC1=CC=CN(S(=O)(=O)c2cccc(Cl)c2)C=C1O. The Morgan fingerprint density at radius 2 is 1.91 bits per heavy atom. The van der Waals surface area contributed by atoms with E-state index >= 15 is 0 Å². The van der Waals surface area contributed by atoms with E-state index in [4.69, 9.17) is 16.3 Å². The molecule has 34 heavy (non-hydrogen) atoms. The van der Waals surface area contributed by atoms with Gasteiger partial charge in [0.1, 0.15) is 11.6 Å². The van der Waals surface area contributed by atoms with Gasteiger partial charge in [-0.05, 0) is 63.5 Å². The van der Waals surface area contributed by atoms with E-state index in [1.165, 1.54) is 36.6 Å². The molecule has 0 saturated carbocycles. The third kappa shape index (κ3) is 7.81. The summed E-state index contributed by atoms with van der Waals surface area (Å²) in [6, 6.07) is 4.76. The molecule has 2 rings (SSSR count). The molecule has 11 heteroatoms. The number of carbonyl (C=O) groups is 2. The first kappa shape index (κ1) is 27.3. The molecule has 2 amide bonds. The second kappa shape index (κ2) is 11.0. The molecular weight excluding hydrogens is 482 g/mol. The van der Waals surface area contributed by atoms with Crippen molar-refractivity contribution in [3.05, 3.63) is 65.3 Å². The molecule has 9 nitrogen and oxygen atoms in total. The largest absolute Gasteiger partial charge is 0.504 e. The van der Waals surface area contributed by atoms with Crippen LogP contribution in [-0.2, 0) is 19.6 Å². The fourth-order valence-corrected chi connectivity index (χ4v) is 4.41. The molecule has 1 aliphatic rings. The zero-order chi connectivity index (χ0) is 25.7. The van der Waals surface area contributed by atoms with Crippen molar-refractivity contribution in [1.29, 1.82) is 0 Å². The van der Waals surface area contributed by atoms with Gasteiger partial charge in [-0.25, -0.2) is 17.5 Å². The summed E-state index contributed by atoms with van der Waals surface area (Å²) >= 11 is 5.91. The summed E-state index contributed by atoms with van der Waals surface area (Å²) in [5.74, 6) is -1.02. The number of carbonyl (C=O) groups excluding carboxylic acids is 2. The molecule has 0 unspecified atom stereocenters. The Balaban J connectivity index is 2.20. The standard InChI is InChI=1S/C23H30ClN3O6S/c1-15(2)12-19(26-22(30)33-23(3,4)5)21(29)25-18-10-7-11-27(14-20(18)28)34(31,32)17-9-6-8-16(24)13-17/h6-11,13-15,19,28H,12H2,1-5H3,(H,25,29)(H,26,30)/t19-/m0/s1. The maximum absolute atomic E-state index is 12.9. The highest BCUT2D eigenvalue weighted by atomic mass is 35.5. The summed E-state index contributed by atoms with van der Waals surface area (Å²) in [6.45, 7) is 8.90. The fourth-order valence-electron chi connectivity index (χ4n) is 2.92. The normalized spacial score (nSPS) is 15.2. The Kier molecular flexibility index (Phi) is 8.79. The van der Waals surface area contributed by atoms with Crippen molar-refractivity contribution in [3.63, 3.8) is 0 Å². The van der Waals surface area contributed by atoms with Crippen LogP contribution in [0.5, 0.6) is 0 Å². The maximum atomic E-state index is 12.9. The van der Waals surface area contributed by atoms with Gasteiger partial charge in [0, 0.05) is 11.2 Å². The number of sulfonamides is 1. The van der Waals surface area contributed by atoms with Gasteiger partial charge in [-0.15, -0.1) is 0 Å². The zero-order valence-electron chi connectivity index (χ0n) is 19.7. The van der Waals surface area contributed by atoms with Crippen molar-refractivity contribution in [2.75, 3.05) is 0 Å². The van der Waals surface area contributed by atoms with Gasteiger partial charge in [0.05, 0.1) is 16.8 Å². The van der Waals surface area contributed by atoms with Gasteiger partial charge in [-0.1, -0.05) is 31.5 Å². The quantitative estimate of drug-likeness (QED) is 0.504. The summed E-state index contributed by atoms with van der Waals surface area (Å²) in [5, 5.41) is 15.9. The Morgan fingerprint density at radius 1 is 1.24 bits per heavy atom. The number of allylic oxidation sites excluding steroid dienone is 2. The fraction of sp³-hybridized carbons (Fsp3) is 0.391. The van der Waals surface area contributed by atoms with E-state index in [-0.39, 0.29) is 21.5 Å². The molecule has 1 aromatic rings. The number of amides is 2. The number of ether oxygens (including phenoxy) is 1. The van der Waals surface area contributed by atoms with Gasteiger partial charge in [0.2, 0.25) is 5.91 Å². The van der Waals surface area contributed by atoms with E-state index in [0.29, 0.717) is 6.42 Å². The summed E-state index contributed by atoms with van der Waals surface area (Å²) in [7, 11) is -4.05. The monoisotopic (exact) mass is 511 g/mol. The number of hydrogen-bond acceptors (Lipinski definition) is 6. The lowest BCUT2D eigenvalue weighted by Gasteiger charge is -2.24. The van der Waals surface area contributed by atoms with Crippen molar-refractivity contribution in [2.45, 2.75) is 57.6 Å². The molecule has 3 N–H and O–H groups in total. The minimum atomic E-state index is -4.05. The van der Waals surface area contributed by atoms with Crippen LogP contribution in [0.3, 0.4) is 0 Å². The molecule has 1 heterocycles. The molecular formula is C23H30ClN3O6S. The predicted molar refractivity (Wildman–Crippen MR) is 129 cm³/mol. The number of nitrogens with one attached hydrogen (secondary N) is 2. The van der Waals surface area contributed by atoms with Gasteiger partial charge in [-0.3, -0.25) is 4.79 Å². The smallest absolute Gasteiger partial charge is 0.408 e. The molecule has 186 valence electrons. The number of aliphatic hydroxyl groups excluding tert-OH is 1. The minimum Gasteiger partial charge on any atom is -0.504 e. The summed E-state index contributed by atoms with van der Waals surface area (Å²) in [5.41, 5.74) is -0.777. The van der Waals surface area contributed by atoms with E-state index in [0.717, 1.165) is 10.5 Å². The number of aliphatic hydroxyl groups is 1. The number of nitrogens with zero attached hydrogens (tertiary/aromatic N) is 1. The number of hydrogen-bond donors (Lipinski definition) is 3. The van der Waals surface area contributed by atoms with Crippen LogP contribution in [0.4, 0.5) is 4.79 Å². The molecule has 0 bridgehead atoms. The van der Waals surface area contributed by atoms with E-state index in [1.807, 2.05) is 13.8 Å².